The van der Waals surface area contributed by atoms with E-state index in [0.29, 0.717) is 6.04 Å². The molecular formula is C18H35N3. The van der Waals surface area contributed by atoms with Crippen LogP contribution in [0.25, 0.3) is 0 Å². The van der Waals surface area contributed by atoms with Gasteiger partial charge in [-0.2, -0.15) is 0 Å². The molecule has 0 aromatic rings. The Labute approximate surface area is 131 Å². The summed E-state index contributed by atoms with van der Waals surface area (Å²) in [6.45, 7) is 8.59. The Balaban J connectivity index is 1.48. The predicted octanol–water partition coefficient (Wildman–Crippen LogP) is 2.71. The standard InChI is InChI=1S/C18H35N3/c1-4-21-10-8-15(9-11-21)14(2)19-16-12-17-6-5-7-18(13-16)20(17)3/h14-19H,4-13H2,1-3H3. The molecule has 3 heteroatoms. The van der Waals surface area contributed by atoms with E-state index in [1.807, 2.05) is 0 Å². The fourth-order valence-electron chi connectivity index (χ4n) is 5.03. The normalized spacial score (nSPS) is 37.6. The molecule has 3 unspecified atom stereocenters. The van der Waals surface area contributed by atoms with Gasteiger partial charge < -0.3 is 15.1 Å². The van der Waals surface area contributed by atoms with Crippen molar-refractivity contribution < 1.29 is 0 Å². The molecule has 3 saturated heterocycles. The Morgan fingerprint density at radius 1 is 1.05 bits per heavy atom. The lowest BCUT2D eigenvalue weighted by atomic mass is 9.81. The zero-order chi connectivity index (χ0) is 14.8. The van der Waals surface area contributed by atoms with E-state index in [-0.39, 0.29) is 0 Å². The van der Waals surface area contributed by atoms with E-state index >= 15 is 0 Å². The Hall–Kier alpha value is -0.120. The van der Waals surface area contributed by atoms with Crippen molar-refractivity contribution in [1.82, 2.24) is 15.1 Å². The molecule has 0 saturated carbocycles. The molecule has 3 aliphatic heterocycles. The number of nitrogens with one attached hydrogen (secondary N) is 1. The number of fused-ring (bicyclic) bond motifs is 2. The Morgan fingerprint density at radius 2 is 1.67 bits per heavy atom. The molecule has 3 nitrogen and oxygen atoms in total. The molecule has 0 aliphatic carbocycles. The lowest BCUT2D eigenvalue weighted by Crippen LogP contribution is -2.56. The van der Waals surface area contributed by atoms with Crippen molar-refractivity contribution in [3.05, 3.63) is 0 Å². The Bertz CT molecular complexity index is 310. The van der Waals surface area contributed by atoms with Gasteiger partial charge in [0, 0.05) is 24.2 Å². The summed E-state index contributed by atoms with van der Waals surface area (Å²) in [5.74, 6) is 0.896. The highest BCUT2D eigenvalue weighted by molar-refractivity contribution is 4.95. The number of nitrogens with zero attached hydrogens (tertiary/aromatic N) is 2. The quantitative estimate of drug-likeness (QED) is 0.860. The van der Waals surface area contributed by atoms with Gasteiger partial charge in [0.15, 0.2) is 0 Å². The summed E-state index contributed by atoms with van der Waals surface area (Å²) in [6, 6.07) is 3.18. The van der Waals surface area contributed by atoms with E-state index in [0.717, 1.165) is 24.0 Å². The Morgan fingerprint density at radius 3 is 2.24 bits per heavy atom. The molecule has 1 N–H and O–H groups in total. The Kier molecular flexibility index (Phi) is 5.23. The van der Waals surface area contributed by atoms with Crippen molar-refractivity contribution in [1.29, 1.82) is 0 Å². The largest absolute Gasteiger partial charge is 0.311 e. The third-order valence-electron chi connectivity index (χ3n) is 6.62. The van der Waals surface area contributed by atoms with Crippen LogP contribution in [0.1, 0.15) is 58.8 Å². The van der Waals surface area contributed by atoms with Gasteiger partial charge in [0.05, 0.1) is 0 Å². The van der Waals surface area contributed by atoms with Crippen LogP contribution in [-0.2, 0) is 0 Å². The summed E-state index contributed by atoms with van der Waals surface area (Å²) in [4.78, 5) is 5.27. The number of hydrogen-bond donors (Lipinski definition) is 1. The topological polar surface area (TPSA) is 18.5 Å². The van der Waals surface area contributed by atoms with Crippen LogP contribution < -0.4 is 5.32 Å². The molecule has 3 aliphatic rings. The maximum Gasteiger partial charge on any atom is 0.0110 e. The molecule has 0 radical (unpaired) electrons. The zero-order valence-corrected chi connectivity index (χ0v) is 14.4. The summed E-state index contributed by atoms with van der Waals surface area (Å²) in [5, 5.41) is 4.03. The van der Waals surface area contributed by atoms with Crippen molar-refractivity contribution in [2.24, 2.45) is 5.92 Å². The highest BCUT2D eigenvalue weighted by Gasteiger charge is 2.36. The maximum absolute atomic E-state index is 4.03. The predicted molar refractivity (Wildman–Crippen MR) is 89.6 cm³/mol. The van der Waals surface area contributed by atoms with Crippen molar-refractivity contribution in [3.8, 4) is 0 Å². The first-order chi connectivity index (χ1) is 10.2. The minimum Gasteiger partial charge on any atom is -0.311 e. The fraction of sp³-hybridized carbons (Fsp3) is 1.00. The van der Waals surface area contributed by atoms with E-state index < -0.39 is 0 Å². The van der Waals surface area contributed by atoms with Gasteiger partial charge >= 0.3 is 0 Å². The average Bonchev–Trinajstić information content (AvgIpc) is 2.48. The van der Waals surface area contributed by atoms with Crippen LogP contribution >= 0.6 is 0 Å². The third kappa shape index (κ3) is 3.62. The molecule has 0 aromatic carbocycles. The van der Waals surface area contributed by atoms with Gasteiger partial charge in [-0.25, -0.2) is 0 Å². The first kappa shape index (κ1) is 15.8. The first-order valence-electron chi connectivity index (χ1n) is 9.37. The molecular weight excluding hydrogens is 258 g/mol. The van der Waals surface area contributed by atoms with Gasteiger partial charge in [0.2, 0.25) is 0 Å². The lowest BCUT2D eigenvalue weighted by Gasteiger charge is -2.48. The highest BCUT2D eigenvalue weighted by atomic mass is 15.2. The van der Waals surface area contributed by atoms with Gasteiger partial charge in [-0.1, -0.05) is 13.3 Å². The van der Waals surface area contributed by atoms with Gasteiger partial charge in [0.1, 0.15) is 0 Å². The fourth-order valence-corrected chi connectivity index (χ4v) is 5.03. The van der Waals surface area contributed by atoms with Crippen LogP contribution in [0.2, 0.25) is 0 Å². The molecule has 0 spiro atoms. The minimum absolute atomic E-state index is 0.707. The van der Waals surface area contributed by atoms with E-state index in [1.165, 1.54) is 64.6 Å². The van der Waals surface area contributed by atoms with Crippen LogP contribution in [0.15, 0.2) is 0 Å². The highest BCUT2D eigenvalue weighted by Crippen LogP contribution is 2.33. The average molecular weight is 293 g/mol. The minimum atomic E-state index is 0.707. The number of likely N-dealkylation sites (tertiary alicyclic amines) is 1. The van der Waals surface area contributed by atoms with E-state index in [4.69, 9.17) is 0 Å². The van der Waals surface area contributed by atoms with Gasteiger partial charge in [-0.3, -0.25) is 0 Å². The van der Waals surface area contributed by atoms with Crippen LogP contribution in [-0.4, -0.2) is 60.6 Å². The second-order valence-corrected chi connectivity index (χ2v) is 7.80. The smallest absolute Gasteiger partial charge is 0.0110 e. The van der Waals surface area contributed by atoms with E-state index in [9.17, 15) is 0 Å². The molecule has 122 valence electrons. The first-order valence-corrected chi connectivity index (χ1v) is 9.37. The van der Waals surface area contributed by atoms with E-state index in [2.05, 4.69) is 36.0 Å². The molecule has 3 fully saturated rings. The summed E-state index contributed by atoms with van der Waals surface area (Å²) < 4.78 is 0. The molecule has 2 bridgehead atoms. The summed E-state index contributed by atoms with van der Waals surface area (Å²) in [6.07, 6.45) is 9.85. The van der Waals surface area contributed by atoms with Crippen molar-refractivity contribution in [2.75, 3.05) is 26.7 Å². The molecule has 0 amide bonds. The van der Waals surface area contributed by atoms with Crippen LogP contribution in [0.4, 0.5) is 0 Å². The molecule has 3 rings (SSSR count). The van der Waals surface area contributed by atoms with Gasteiger partial charge in [-0.15, -0.1) is 0 Å². The van der Waals surface area contributed by atoms with Crippen LogP contribution in [0.3, 0.4) is 0 Å². The monoisotopic (exact) mass is 293 g/mol. The maximum atomic E-state index is 4.03. The molecule has 3 heterocycles. The lowest BCUT2D eigenvalue weighted by molar-refractivity contribution is 0.0422. The summed E-state index contributed by atoms with van der Waals surface area (Å²) >= 11 is 0. The number of hydrogen-bond acceptors (Lipinski definition) is 3. The molecule has 3 atom stereocenters. The van der Waals surface area contributed by atoms with Crippen LogP contribution in [0.5, 0.6) is 0 Å². The van der Waals surface area contributed by atoms with Gasteiger partial charge in [-0.05, 0) is 78.0 Å². The van der Waals surface area contributed by atoms with E-state index in [1.54, 1.807) is 0 Å². The molecule has 21 heavy (non-hydrogen) atoms. The van der Waals surface area contributed by atoms with Crippen molar-refractivity contribution in [2.45, 2.75) is 83.0 Å². The number of piperidine rings is 3. The second-order valence-electron chi connectivity index (χ2n) is 7.80. The van der Waals surface area contributed by atoms with Crippen molar-refractivity contribution in [3.63, 3.8) is 0 Å². The van der Waals surface area contributed by atoms with Gasteiger partial charge in [0.25, 0.3) is 0 Å². The SMILES string of the molecule is CCN1CCC(C(C)NC2CC3CCCC(C2)N3C)CC1. The molecule has 0 aromatic heterocycles. The van der Waals surface area contributed by atoms with Crippen molar-refractivity contribution >= 4 is 0 Å². The summed E-state index contributed by atoms with van der Waals surface area (Å²) in [7, 11) is 2.36. The summed E-state index contributed by atoms with van der Waals surface area (Å²) in [5.41, 5.74) is 0. The van der Waals surface area contributed by atoms with Crippen LogP contribution in [0, 0.1) is 5.92 Å². The number of rotatable bonds is 4. The third-order valence-corrected chi connectivity index (χ3v) is 6.62. The second kappa shape index (κ2) is 6.97. The zero-order valence-electron chi connectivity index (χ0n) is 14.4.